The number of carbonyl (C=O) groups excluding carboxylic acids is 2. The van der Waals surface area contributed by atoms with Gasteiger partial charge in [-0.25, -0.2) is 0 Å². The Balaban J connectivity index is 2.49. The first-order valence-electron chi connectivity index (χ1n) is 6.68. The summed E-state index contributed by atoms with van der Waals surface area (Å²) in [5, 5.41) is 2.55. The highest BCUT2D eigenvalue weighted by Gasteiger charge is 2.34. The zero-order valence-electron chi connectivity index (χ0n) is 11.6. The second-order valence-electron chi connectivity index (χ2n) is 5.28. The molecule has 1 saturated carbocycles. The molecule has 0 aromatic carbocycles. The first-order chi connectivity index (χ1) is 8.47. The lowest BCUT2D eigenvalue weighted by atomic mass is 9.77. The van der Waals surface area contributed by atoms with Crippen LogP contribution in [0.5, 0.6) is 0 Å². The van der Waals surface area contributed by atoms with Crippen LogP contribution < -0.4 is 11.1 Å². The van der Waals surface area contributed by atoms with E-state index in [0.29, 0.717) is 18.9 Å². The molecule has 1 aliphatic carbocycles. The summed E-state index contributed by atoms with van der Waals surface area (Å²) >= 11 is 0. The molecule has 2 amide bonds. The maximum atomic E-state index is 12.3. The molecule has 0 heterocycles. The fourth-order valence-electron chi connectivity index (χ4n) is 2.52. The topological polar surface area (TPSA) is 75.4 Å². The van der Waals surface area contributed by atoms with E-state index in [1.54, 1.807) is 19.0 Å². The number of nitrogens with two attached hydrogens (primary N) is 1. The minimum Gasteiger partial charge on any atom is -0.359 e. The first-order valence-corrected chi connectivity index (χ1v) is 6.68. The maximum absolute atomic E-state index is 12.3. The number of rotatable bonds is 4. The average molecular weight is 255 g/mol. The Morgan fingerprint density at radius 1 is 1.39 bits per heavy atom. The molecule has 1 aliphatic rings. The second-order valence-corrected chi connectivity index (χ2v) is 5.28. The normalized spacial score (nSPS) is 27.7. The van der Waals surface area contributed by atoms with Gasteiger partial charge in [-0.15, -0.1) is 0 Å². The average Bonchev–Trinajstić information content (AvgIpc) is 2.37. The van der Waals surface area contributed by atoms with Gasteiger partial charge in [0, 0.05) is 33.1 Å². The quantitative estimate of drug-likeness (QED) is 0.761. The summed E-state index contributed by atoms with van der Waals surface area (Å²) in [4.78, 5) is 25.1. The zero-order valence-corrected chi connectivity index (χ0v) is 11.6. The highest BCUT2D eigenvalue weighted by molar-refractivity contribution is 5.81. The largest absolute Gasteiger partial charge is 0.359 e. The highest BCUT2D eigenvalue weighted by atomic mass is 16.2. The summed E-state index contributed by atoms with van der Waals surface area (Å²) in [7, 11) is 3.35. The molecule has 0 bridgehead atoms. The van der Waals surface area contributed by atoms with Crippen molar-refractivity contribution in [2.75, 3.05) is 20.6 Å². The third kappa shape index (κ3) is 3.70. The summed E-state index contributed by atoms with van der Waals surface area (Å²) in [6.45, 7) is 2.56. The lowest BCUT2D eigenvalue weighted by Crippen LogP contribution is -2.48. The van der Waals surface area contributed by atoms with Gasteiger partial charge in [-0.05, 0) is 18.8 Å². The molecular weight excluding hydrogens is 230 g/mol. The van der Waals surface area contributed by atoms with Crippen LogP contribution in [-0.2, 0) is 9.59 Å². The Labute approximate surface area is 109 Å². The van der Waals surface area contributed by atoms with Gasteiger partial charge >= 0.3 is 0 Å². The number of carbonyl (C=O) groups is 2. The molecule has 0 spiro atoms. The minimum absolute atomic E-state index is 0.0454. The van der Waals surface area contributed by atoms with Crippen molar-refractivity contribution < 1.29 is 9.59 Å². The summed E-state index contributed by atoms with van der Waals surface area (Å²) in [5.74, 6) is 0.359. The number of hydrogen-bond acceptors (Lipinski definition) is 3. The van der Waals surface area contributed by atoms with Crippen molar-refractivity contribution in [3.63, 3.8) is 0 Å². The van der Waals surface area contributed by atoms with Gasteiger partial charge in [0.1, 0.15) is 0 Å². The van der Waals surface area contributed by atoms with Crippen molar-refractivity contribution in [3.8, 4) is 0 Å². The van der Waals surface area contributed by atoms with Crippen LogP contribution in [-0.4, -0.2) is 43.4 Å². The maximum Gasteiger partial charge on any atom is 0.227 e. The van der Waals surface area contributed by atoms with Gasteiger partial charge in [0.25, 0.3) is 0 Å². The van der Waals surface area contributed by atoms with Crippen LogP contribution in [0.1, 0.15) is 32.6 Å². The van der Waals surface area contributed by atoms with E-state index in [-0.39, 0.29) is 23.8 Å². The standard InChI is InChI=1S/C13H25N3O2/c1-9-5-4-6-10(12(9)14)13(18)16(3)8-7-11(17)15-2/h9-10,12H,4-8,14H2,1-3H3,(H,15,17). The van der Waals surface area contributed by atoms with Crippen molar-refractivity contribution in [1.29, 1.82) is 0 Å². The number of hydrogen-bond donors (Lipinski definition) is 2. The summed E-state index contributed by atoms with van der Waals surface area (Å²) in [5.41, 5.74) is 6.12. The van der Waals surface area contributed by atoms with Crippen LogP contribution in [0.4, 0.5) is 0 Å². The van der Waals surface area contributed by atoms with Gasteiger partial charge in [0.15, 0.2) is 0 Å². The molecule has 1 fully saturated rings. The predicted molar refractivity (Wildman–Crippen MR) is 70.8 cm³/mol. The van der Waals surface area contributed by atoms with E-state index in [0.717, 1.165) is 19.3 Å². The van der Waals surface area contributed by atoms with Crippen LogP contribution in [0.15, 0.2) is 0 Å². The molecule has 0 aromatic heterocycles. The van der Waals surface area contributed by atoms with Gasteiger partial charge in [0.2, 0.25) is 11.8 Å². The Bertz CT molecular complexity index is 307. The SMILES string of the molecule is CNC(=O)CCN(C)C(=O)C1CCCC(C)C1N. The highest BCUT2D eigenvalue weighted by Crippen LogP contribution is 2.28. The van der Waals surface area contributed by atoms with E-state index < -0.39 is 0 Å². The number of nitrogens with zero attached hydrogens (tertiary/aromatic N) is 1. The molecule has 0 radical (unpaired) electrons. The third-order valence-electron chi connectivity index (χ3n) is 3.94. The summed E-state index contributed by atoms with van der Waals surface area (Å²) in [6.07, 6.45) is 3.38. The number of nitrogens with one attached hydrogen (secondary N) is 1. The van der Waals surface area contributed by atoms with Crippen molar-refractivity contribution in [2.45, 2.75) is 38.6 Å². The molecule has 3 atom stereocenters. The Morgan fingerprint density at radius 3 is 2.67 bits per heavy atom. The van der Waals surface area contributed by atoms with Crippen molar-refractivity contribution in [2.24, 2.45) is 17.6 Å². The zero-order chi connectivity index (χ0) is 13.7. The molecule has 0 aromatic rings. The molecule has 0 saturated heterocycles. The molecular formula is C13H25N3O2. The van der Waals surface area contributed by atoms with E-state index in [2.05, 4.69) is 12.2 Å². The van der Waals surface area contributed by atoms with Crippen LogP contribution in [0.3, 0.4) is 0 Å². The second kappa shape index (κ2) is 6.73. The van der Waals surface area contributed by atoms with Crippen molar-refractivity contribution in [3.05, 3.63) is 0 Å². The molecule has 5 nitrogen and oxygen atoms in total. The Morgan fingerprint density at radius 2 is 2.06 bits per heavy atom. The van der Waals surface area contributed by atoms with Crippen molar-refractivity contribution >= 4 is 11.8 Å². The van der Waals surface area contributed by atoms with E-state index in [1.165, 1.54) is 0 Å². The monoisotopic (exact) mass is 255 g/mol. The van der Waals surface area contributed by atoms with Crippen LogP contribution in [0.2, 0.25) is 0 Å². The molecule has 104 valence electrons. The van der Waals surface area contributed by atoms with Gasteiger partial charge < -0.3 is 16.0 Å². The van der Waals surface area contributed by atoms with E-state index in [9.17, 15) is 9.59 Å². The molecule has 3 N–H and O–H groups in total. The lowest BCUT2D eigenvalue weighted by molar-refractivity contribution is -0.136. The molecule has 0 aliphatic heterocycles. The Hall–Kier alpha value is -1.10. The Kier molecular flexibility index (Phi) is 5.59. The van der Waals surface area contributed by atoms with Crippen LogP contribution >= 0.6 is 0 Å². The van der Waals surface area contributed by atoms with Gasteiger partial charge in [0.05, 0.1) is 5.92 Å². The summed E-state index contributed by atoms with van der Waals surface area (Å²) < 4.78 is 0. The van der Waals surface area contributed by atoms with Crippen LogP contribution in [0.25, 0.3) is 0 Å². The fourth-order valence-corrected chi connectivity index (χ4v) is 2.52. The van der Waals surface area contributed by atoms with Gasteiger partial charge in [-0.1, -0.05) is 13.3 Å². The van der Waals surface area contributed by atoms with E-state index in [1.807, 2.05) is 0 Å². The van der Waals surface area contributed by atoms with Gasteiger partial charge in [-0.3, -0.25) is 9.59 Å². The lowest BCUT2D eigenvalue weighted by Gasteiger charge is -2.35. The fraction of sp³-hybridized carbons (Fsp3) is 0.846. The molecule has 1 rings (SSSR count). The van der Waals surface area contributed by atoms with E-state index >= 15 is 0 Å². The molecule has 18 heavy (non-hydrogen) atoms. The summed E-state index contributed by atoms with van der Waals surface area (Å²) in [6, 6.07) is -0.0475. The van der Waals surface area contributed by atoms with Gasteiger partial charge in [-0.2, -0.15) is 0 Å². The smallest absolute Gasteiger partial charge is 0.227 e. The minimum atomic E-state index is -0.0802. The van der Waals surface area contributed by atoms with Crippen molar-refractivity contribution in [1.82, 2.24) is 10.2 Å². The predicted octanol–water partition coefficient (Wildman–Crippen LogP) is 0.344. The van der Waals surface area contributed by atoms with E-state index in [4.69, 9.17) is 5.73 Å². The third-order valence-corrected chi connectivity index (χ3v) is 3.94. The van der Waals surface area contributed by atoms with Crippen LogP contribution in [0, 0.1) is 11.8 Å². The molecule has 3 unspecified atom stereocenters. The first kappa shape index (κ1) is 15.0. The molecule has 5 heteroatoms. The number of amides is 2.